The Kier molecular flexibility index (Phi) is 10.2. The highest BCUT2D eigenvalue weighted by molar-refractivity contribution is 6.91. The Labute approximate surface area is 409 Å². The normalized spacial score (nSPS) is 12.4. The monoisotopic (exact) mass is 811 g/mol. The van der Waals surface area contributed by atoms with Crippen LogP contribution in [0, 0.1) is 0 Å². The lowest BCUT2D eigenvalue weighted by Crippen LogP contribution is -2.57. The second kappa shape index (κ2) is 15.6. The standard InChI is InChI=1S/C48H17B16N3/c49-29-25-26-30(50)34(54)38(58)41(61)47(26)66(46(25)40(60)37(57)33(29)53)48-32(52)28-27-31(51)35(55)36(56)39(59)44(27)65(45(28)42(62)43(48)63)19-11-8-12-20(17-19)67-24-16-7-5-14-22(24)21-13-4-6-15-23(21)64(67)18-9-2-1-3-10-18/h1-17H. The Morgan fingerprint density at radius 3 is 1.28 bits per heavy atom. The topological polar surface area (TPSA) is 13.1 Å². The van der Waals surface area contributed by atoms with Crippen LogP contribution in [0.1, 0.15) is 0 Å². The highest BCUT2D eigenvalue weighted by atomic mass is 15.1. The van der Waals surface area contributed by atoms with E-state index in [0.29, 0.717) is 27.5 Å². The average Bonchev–Trinajstić information content (AvgIpc) is 3.90. The maximum absolute atomic E-state index is 7.46. The third kappa shape index (κ3) is 5.88. The van der Waals surface area contributed by atoms with Gasteiger partial charge in [-0.15, -0.1) is 32.8 Å². The number of anilines is 2. The molecule has 0 saturated heterocycles. The lowest BCUT2D eigenvalue weighted by Gasteiger charge is -2.39. The third-order valence-electron chi connectivity index (χ3n) is 13.5. The number of aromatic nitrogens is 2. The Morgan fingerprint density at radius 1 is 0.313 bits per heavy atom. The van der Waals surface area contributed by atoms with Gasteiger partial charge >= 0.3 is 6.85 Å². The molecule has 0 bridgehead atoms. The van der Waals surface area contributed by atoms with Crippen LogP contribution in [0.25, 0.3) is 66.1 Å². The Hall–Kier alpha value is -5.80. The molecule has 3 heterocycles. The highest BCUT2D eigenvalue weighted by Gasteiger charge is 2.37. The molecule has 67 heavy (non-hydrogen) atoms. The zero-order chi connectivity index (χ0) is 47.2. The zero-order valence-corrected chi connectivity index (χ0v) is 35.9. The SMILES string of the molecule is [B]c1c([B])c([B])c2c(c1[B])c1c([B])c(-n3c4c([B])c([B])c([B])c([B])c4c4c([B])c([B])c([B])c([B])c43)c([B])c([B])c1n2-c1cccc(N2B(c3ccccc3)c3ccccc3-c3ccccc32)c1. The first kappa shape index (κ1) is 43.7. The molecule has 272 valence electrons. The van der Waals surface area contributed by atoms with E-state index in [0.717, 1.165) is 33.4 Å². The van der Waals surface area contributed by atoms with Gasteiger partial charge in [-0.25, -0.2) is 0 Å². The van der Waals surface area contributed by atoms with E-state index in [-0.39, 0.29) is 116 Å². The summed E-state index contributed by atoms with van der Waals surface area (Å²) in [5.74, 6) is 0. The first-order valence-corrected chi connectivity index (χ1v) is 21.1. The predicted molar refractivity (Wildman–Crippen MR) is 301 cm³/mol. The minimum atomic E-state index is -0.223. The van der Waals surface area contributed by atoms with E-state index in [2.05, 4.69) is 59.4 Å². The Morgan fingerprint density at radius 2 is 0.731 bits per heavy atom. The molecule has 0 amide bonds. The van der Waals surface area contributed by atoms with Crippen LogP contribution in [0.15, 0.2) is 103 Å². The van der Waals surface area contributed by atoms with Gasteiger partial charge < -0.3 is 13.9 Å². The highest BCUT2D eigenvalue weighted by Crippen LogP contribution is 2.40. The number of hydrogen-bond acceptors (Lipinski definition) is 1. The molecule has 0 unspecified atom stereocenters. The summed E-state index contributed by atoms with van der Waals surface area (Å²) in [6, 6.07) is 35.1. The van der Waals surface area contributed by atoms with E-state index >= 15 is 0 Å². The van der Waals surface area contributed by atoms with Crippen LogP contribution in [0.2, 0.25) is 0 Å². The van der Waals surface area contributed by atoms with Gasteiger partial charge in [0, 0.05) is 55.8 Å². The van der Waals surface area contributed by atoms with Gasteiger partial charge in [-0.05, 0) is 51.5 Å². The molecule has 19 heteroatoms. The molecule has 0 atom stereocenters. The number of nitrogens with zero attached hydrogens (tertiary/aromatic N) is 3. The molecule has 11 rings (SSSR count). The predicted octanol–water partition coefficient (Wildman–Crippen LogP) is -7.29. The summed E-state index contributed by atoms with van der Waals surface area (Å²) in [6.45, 7) is -0.223. The molecule has 1 aliphatic rings. The van der Waals surface area contributed by atoms with E-state index in [9.17, 15) is 0 Å². The first-order valence-electron chi connectivity index (χ1n) is 21.1. The van der Waals surface area contributed by atoms with Crippen molar-refractivity contribution in [2.45, 2.75) is 0 Å². The molecule has 2 aromatic heterocycles. The minimum Gasteiger partial charge on any atom is -0.376 e. The van der Waals surface area contributed by atoms with Gasteiger partial charge in [0.1, 0.15) is 118 Å². The molecule has 30 radical (unpaired) electrons. The van der Waals surface area contributed by atoms with Crippen molar-refractivity contribution in [3.8, 4) is 22.5 Å². The van der Waals surface area contributed by atoms with Crippen LogP contribution in [0.3, 0.4) is 0 Å². The van der Waals surface area contributed by atoms with Gasteiger partial charge in [-0.3, -0.25) is 0 Å². The third-order valence-corrected chi connectivity index (χ3v) is 13.5. The average molecular weight is 809 g/mol. The fourth-order valence-corrected chi connectivity index (χ4v) is 10.3. The maximum atomic E-state index is 7.46. The minimum absolute atomic E-state index is 0.00506. The number of hydrogen-bond donors (Lipinski definition) is 0. The summed E-state index contributed by atoms with van der Waals surface area (Å²) in [7, 11) is 102. The second-order valence-corrected chi connectivity index (χ2v) is 16.9. The summed E-state index contributed by atoms with van der Waals surface area (Å²) in [5.41, 5.74) is 8.77. The Bertz CT molecular complexity index is 3770. The lowest BCUT2D eigenvalue weighted by molar-refractivity contribution is 1.18. The van der Waals surface area contributed by atoms with Crippen LogP contribution < -0.4 is 97.7 Å². The van der Waals surface area contributed by atoms with Gasteiger partial charge in [-0.2, -0.15) is 0 Å². The molecular formula is C48H17B16N3. The van der Waals surface area contributed by atoms with Crippen LogP contribution in [-0.2, 0) is 0 Å². The quantitative estimate of drug-likeness (QED) is 0.162. The van der Waals surface area contributed by atoms with Crippen molar-refractivity contribution < 1.29 is 0 Å². The van der Waals surface area contributed by atoms with Crippen LogP contribution in [0.5, 0.6) is 0 Å². The largest absolute Gasteiger partial charge is 0.376 e. The van der Waals surface area contributed by atoms with Gasteiger partial charge in [0.2, 0.25) is 0 Å². The lowest BCUT2D eigenvalue weighted by atomic mass is 9.46. The van der Waals surface area contributed by atoms with E-state index in [1.54, 1.807) is 4.57 Å². The van der Waals surface area contributed by atoms with Crippen molar-refractivity contribution in [2.75, 3.05) is 4.81 Å². The number of rotatable bonds is 4. The van der Waals surface area contributed by atoms with Crippen molar-refractivity contribution in [2.24, 2.45) is 0 Å². The van der Waals surface area contributed by atoms with Crippen molar-refractivity contribution >= 4 is 272 Å². The van der Waals surface area contributed by atoms with Crippen molar-refractivity contribution in [1.82, 2.24) is 9.13 Å². The number of fused-ring (bicyclic) bond motifs is 9. The molecule has 0 saturated carbocycles. The van der Waals surface area contributed by atoms with Crippen LogP contribution in [-0.4, -0.2) is 134 Å². The van der Waals surface area contributed by atoms with Crippen molar-refractivity contribution in [3.05, 3.63) is 103 Å². The van der Waals surface area contributed by atoms with E-state index in [1.807, 2.05) is 53.1 Å². The van der Waals surface area contributed by atoms with Gasteiger partial charge in [0.15, 0.2) is 0 Å². The summed E-state index contributed by atoms with van der Waals surface area (Å²) in [4.78, 5) is 2.32. The molecule has 3 nitrogen and oxygen atoms in total. The molecular weight excluding hydrogens is 792 g/mol. The van der Waals surface area contributed by atoms with Crippen LogP contribution >= 0.6 is 0 Å². The van der Waals surface area contributed by atoms with Crippen LogP contribution in [0.4, 0.5) is 11.4 Å². The first-order chi connectivity index (χ1) is 32.1. The molecule has 0 fully saturated rings. The van der Waals surface area contributed by atoms with Gasteiger partial charge in [0.25, 0.3) is 0 Å². The maximum Gasteiger partial charge on any atom is 0.328 e. The smallest absolute Gasteiger partial charge is 0.328 e. The van der Waals surface area contributed by atoms with Gasteiger partial charge in [0.05, 0.1) is 0 Å². The van der Waals surface area contributed by atoms with Gasteiger partial charge in [-0.1, -0.05) is 133 Å². The summed E-state index contributed by atoms with van der Waals surface area (Å²) in [5, 5.41) is 1.24. The Balaban J connectivity index is 1.27. The van der Waals surface area contributed by atoms with E-state index < -0.39 is 0 Å². The van der Waals surface area contributed by atoms with E-state index in [1.165, 1.54) is 0 Å². The fraction of sp³-hybridized carbons (Fsp3) is 0. The summed E-state index contributed by atoms with van der Waals surface area (Å²) in [6.07, 6.45) is 0. The number of para-hydroxylation sites is 1. The summed E-state index contributed by atoms with van der Waals surface area (Å²) < 4.78 is 3.43. The molecule has 8 aromatic carbocycles. The second-order valence-electron chi connectivity index (χ2n) is 16.9. The molecule has 10 aromatic rings. The number of benzene rings is 8. The van der Waals surface area contributed by atoms with Crippen molar-refractivity contribution in [3.63, 3.8) is 0 Å². The molecule has 1 aliphatic heterocycles. The fourth-order valence-electron chi connectivity index (χ4n) is 10.3. The van der Waals surface area contributed by atoms with E-state index in [4.69, 9.17) is 118 Å². The molecule has 0 aliphatic carbocycles. The molecule has 0 N–H and O–H groups in total. The van der Waals surface area contributed by atoms with Crippen molar-refractivity contribution in [1.29, 1.82) is 0 Å². The summed E-state index contributed by atoms with van der Waals surface area (Å²) >= 11 is 0. The molecule has 0 spiro atoms. The zero-order valence-electron chi connectivity index (χ0n) is 35.9.